The Kier molecular flexibility index (Phi) is 10.4. The lowest BCUT2D eigenvalue weighted by Gasteiger charge is -2.29. The van der Waals surface area contributed by atoms with Crippen LogP contribution in [0.5, 0.6) is 5.75 Å². The average molecular weight is 593 g/mol. The molecule has 1 aliphatic rings. The molecular formula is C34H35F7O. The van der Waals surface area contributed by atoms with Crippen LogP contribution in [0.4, 0.5) is 30.7 Å². The molecule has 8 heteroatoms. The summed E-state index contributed by atoms with van der Waals surface area (Å²) < 4.78 is 95.2. The fourth-order valence-corrected chi connectivity index (χ4v) is 5.48. The lowest BCUT2D eigenvalue weighted by Crippen LogP contribution is -2.45. The Morgan fingerprint density at radius 3 is 1.90 bits per heavy atom. The third-order valence-corrected chi connectivity index (χ3v) is 7.94. The first kappa shape index (κ1) is 31.6. The molecule has 1 aliphatic carbocycles. The molecule has 1 saturated carbocycles. The molecule has 0 amide bonds. The van der Waals surface area contributed by atoms with Gasteiger partial charge in [-0.15, -0.1) is 0 Å². The molecule has 0 bridgehead atoms. The zero-order valence-corrected chi connectivity index (χ0v) is 23.4. The lowest BCUT2D eigenvalue weighted by molar-refractivity contribution is -0.305. The number of halogens is 7. The highest BCUT2D eigenvalue weighted by Gasteiger charge is 2.59. The fraction of sp³-hybridized carbons (Fsp3) is 0.412. The smallest absolute Gasteiger partial charge is 0.427 e. The first-order valence-electron chi connectivity index (χ1n) is 14.4. The molecule has 1 atom stereocenters. The summed E-state index contributed by atoms with van der Waals surface area (Å²) in [4.78, 5) is 0. The van der Waals surface area contributed by atoms with Crippen LogP contribution in [-0.2, 0) is 0 Å². The van der Waals surface area contributed by atoms with Gasteiger partial charge in [0, 0.05) is 0 Å². The SMILES string of the molecule is CCCCCC1CCC(c2ccc(/C=C/c3ccc(-c4ccc(OC(F)(F)C(F)C(F)(F)F)c(F)c4)cc3)cc2)CC1. The second kappa shape index (κ2) is 13.8. The van der Waals surface area contributed by atoms with E-state index in [0.29, 0.717) is 11.5 Å². The number of rotatable bonds is 11. The Labute approximate surface area is 242 Å². The second-order valence-electron chi connectivity index (χ2n) is 11.0. The Morgan fingerprint density at radius 2 is 1.36 bits per heavy atom. The Bertz CT molecular complexity index is 1310. The van der Waals surface area contributed by atoms with E-state index in [1.165, 1.54) is 63.0 Å². The van der Waals surface area contributed by atoms with Crippen molar-refractivity contribution in [2.24, 2.45) is 5.92 Å². The molecule has 3 aromatic carbocycles. The maximum Gasteiger partial charge on any atom is 0.439 e. The molecule has 3 aromatic rings. The van der Waals surface area contributed by atoms with Crippen LogP contribution in [0.15, 0.2) is 66.7 Å². The summed E-state index contributed by atoms with van der Waals surface area (Å²) in [6.45, 7) is 2.24. The third kappa shape index (κ3) is 8.39. The molecule has 0 saturated heterocycles. The summed E-state index contributed by atoms with van der Waals surface area (Å²) in [7, 11) is 0. The number of hydrogen-bond acceptors (Lipinski definition) is 1. The summed E-state index contributed by atoms with van der Waals surface area (Å²) in [5, 5.41) is 0. The van der Waals surface area contributed by atoms with Crippen LogP contribution in [0, 0.1) is 11.7 Å². The number of unbranched alkanes of at least 4 members (excludes halogenated alkanes) is 2. The molecule has 42 heavy (non-hydrogen) atoms. The summed E-state index contributed by atoms with van der Waals surface area (Å²) in [5.41, 5.74) is 4.17. The van der Waals surface area contributed by atoms with Gasteiger partial charge in [-0.1, -0.05) is 99.4 Å². The molecule has 4 rings (SSSR count). The monoisotopic (exact) mass is 592 g/mol. The molecule has 226 valence electrons. The van der Waals surface area contributed by atoms with E-state index in [1.54, 1.807) is 24.3 Å². The molecule has 0 N–H and O–H groups in total. The summed E-state index contributed by atoms with van der Waals surface area (Å²) in [6.07, 6.45) is -1.35. The zero-order valence-electron chi connectivity index (χ0n) is 23.4. The molecular weight excluding hydrogens is 557 g/mol. The minimum Gasteiger partial charge on any atom is -0.427 e. The Hall–Kier alpha value is -3.29. The second-order valence-corrected chi connectivity index (χ2v) is 11.0. The summed E-state index contributed by atoms with van der Waals surface area (Å²) >= 11 is 0. The third-order valence-electron chi connectivity index (χ3n) is 7.94. The van der Waals surface area contributed by atoms with E-state index in [9.17, 15) is 30.7 Å². The predicted molar refractivity (Wildman–Crippen MR) is 153 cm³/mol. The first-order chi connectivity index (χ1) is 20.0. The molecule has 0 spiro atoms. The van der Waals surface area contributed by atoms with Gasteiger partial charge in [-0.25, -0.2) is 8.78 Å². The number of hydrogen-bond donors (Lipinski definition) is 0. The largest absolute Gasteiger partial charge is 0.439 e. The van der Waals surface area contributed by atoms with Gasteiger partial charge in [0.1, 0.15) is 0 Å². The van der Waals surface area contributed by atoms with Crippen molar-refractivity contribution in [3.8, 4) is 16.9 Å². The summed E-state index contributed by atoms with van der Waals surface area (Å²) in [5.74, 6) is -1.02. The highest BCUT2D eigenvalue weighted by atomic mass is 19.4. The van der Waals surface area contributed by atoms with Crippen molar-refractivity contribution < 1.29 is 35.5 Å². The minimum absolute atomic E-state index is 0.289. The van der Waals surface area contributed by atoms with E-state index in [4.69, 9.17) is 0 Å². The van der Waals surface area contributed by atoms with Gasteiger partial charge in [-0.3, -0.25) is 0 Å². The molecule has 1 fully saturated rings. The van der Waals surface area contributed by atoms with Gasteiger partial charge in [0.25, 0.3) is 6.17 Å². The van der Waals surface area contributed by atoms with Crippen LogP contribution in [0.1, 0.15) is 80.9 Å². The fourth-order valence-electron chi connectivity index (χ4n) is 5.48. The first-order valence-corrected chi connectivity index (χ1v) is 14.4. The highest BCUT2D eigenvalue weighted by Crippen LogP contribution is 2.39. The predicted octanol–water partition coefficient (Wildman–Crippen LogP) is 11.4. The van der Waals surface area contributed by atoms with Crippen molar-refractivity contribution >= 4 is 12.2 Å². The van der Waals surface area contributed by atoms with E-state index in [1.807, 2.05) is 12.2 Å². The van der Waals surface area contributed by atoms with Gasteiger partial charge in [0.2, 0.25) is 0 Å². The van der Waals surface area contributed by atoms with Crippen molar-refractivity contribution in [1.29, 1.82) is 0 Å². The van der Waals surface area contributed by atoms with E-state index >= 15 is 0 Å². The molecule has 0 aliphatic heterocycles. The van der Waals surface area contributed by atoms with E-state index in [-0.39, 0.29) is 5.56 Å². The standard InChI is InChI=1S/C34H35F7O/c1-2-3-4-5-23-8-14-26(15-9-23)27-16-10-24(11-17-27)6-7-25-12-18-28(19-13-25)29-20-21-31(30(35)22-29)42-34(40,41)32(36)33(37,38)39/h6-7,10-13,16-23,26,32H,2-5,8-9,14-15H2,1H3/b7-6+. The average Bonchev–Trinajstić information content (AvgIpc) is 2.97. The number of ether oxygens (including phenoxy) is 1. The van der Waals surface area contributed by atoms with E-state index < -0.39 is 30.0 Å². The maximum absolute atomic E-state index is 14.4. The van der Waals surface area contributed by atoms with Gasteiger partial charge in [-0.2, -0.15) is 22.0 Å². The maximum atomic E-state index is 14.4. The molecule has 1 unspecified atom stereocenters. The Morgan fingerprint density at radius 1 is 0.786 bits per heavy atom. The van der Waals surface area contributed by atoms with Gasteiger partial charge < -0.3 is 4.74 Å². The van der Waals surface area contributed by atoms with Crippen LogP contribution in [0.3, 0.4) is 0 Å². The summed E-state index contributed by atoms with van der Waals surface area (Å²) in [6, 6.07) is 18.4. The minimum atomic E-state index is -5.86. The van der Waals surface area contributed by atoms with Crippen molar-refractivity contribution in [2.45, 2.75) is 82.7 Å². The van der Waals surface area contributed by atoms with Crippen LogP contribution in [-0.4, -0.2) is 18.5 Å². The molecule has 0 radical (unpaired) electrons. The quantitative estimate of drug-likeness (QED) is 0.122. The topological polar surface area (TPSA) is 9.23 Å². The Balaban J connectivity index is 1.33. The zero-order chi connectivity index (χ0) is 30.3. The molecule has 0 heterocycles. The number of alkyl halides is 6. The highest BCUT2D eigenvalue weighted by molar-refractivity contribution is 5.72. The van der Waals surface area contributed by atoms with E-state index in [0.717, 1.165) is 29.2 Å². The molecule has 1 nitrogen and oxygen atoms in total. The van der Waals surface area contributed by atoms with Gasteiger partial charge in [0.05, 0.1) is 0 Å². The van der Waals surface area contributed by atoms with Crippen molar-refractivity contribution in [3.05, 3.63) is 89.2 Å². The van der Waals surface area contributed by atoms with Crippen molar-refractivity contribution in [3.63, 3.8) is 0 Å². The lowest BCUT2D eigenvalue weighted by atomic mass is 9.77. The van der Waals surface area contributed by atoms with Crippen LogP contribution >= 0.6 is 0 Å². The van der Waals surface area contributed by atoms with E-state index in [2.05, 4.69) is 35.9 Å². The van der Waals surface area contributed by atoms with Gasteiger partial charge in [-0.05, 0) is 77.5 Å². The normalized spacial score (nSPS) is 18.8. The number of benzene rings is 3. The van der Waals surface area contributed by atoms with Gasteiger partial charge in [0.15, 0.2) is 11.6 Å². The van der Waals surface area contributed by atoms with Gasteiger partial charge >= 0.3 is 12.3 Å². The molecule has 0 aromatic heterocycles. The van der Waals surface area contributed by atoms with Crippen molar-refractivity contribution in [2.75, 3.05) is 0 Å². The van der Waals surface area contributed by atoms with Crippen LogP contribution in [0.2, 0.25) is 0 Å². The van der Waals surface area contributed by atoms with Crippen LogP contribution < -0.4 is 4.74 Å². The van der Waals surface area contributed by atoms with Crippen LogP contribution in [0.25, 0.3) is 23.3 Å². The van der Waals surface area contributed by atoms with Crippen molar-refractivity contribution in [1.82, 2.24) is 0 Å².